The maximum absolute atomic E-state index is 8.72. The molecule has 2 aromatic rings. The number of oxime groups is 1. The Morgan fingerprint density at radius 2 is 2.05 bits per heavy atom. The molecular formula is C13H13N3O2S. The summed E-state index contributed by atoms with van der Waals surface area (Å²) in [6.45, 7) is 0. The minimum Gasteiger partial charge on any atom is -0.438 e. The standard InChI is InChI=1S/C13H13N3O2S/c1-19-10-6-4-9(5-7-10)18-13-11(12(14)16-17)3-2-8-15-13/h2-8,17H,1H3,(H2,14,16). The minimum absolute atomic E-state index is 0.0381. The fourth-order valence-electron chi connectivity index (χ4n) is 1.48. The van der Waals surface area contributed by atoms with Crippen LogP contribution in [0, 0.1) is 0 Å². The Kier molecular flexibility index (Phi) is 4.25. The molecule has 0 bridgehead atoms. The number of nitrogens with zero attached hydrogens (tertiary/aromatic N) is 2. The molecule has 0 aliphatic heterocycles. The Morgan fingerprint density at radius 1 is 1.32 bits per heavy atom. The molecule has 0 radical (unpaired) electrons. The molecule has 0 aliphatic carbocycles. The summed E-state index contributed by atoms with van der Waals surface area (Å²) >= 11 is 1.65. The number of hydrogen-bond donors (Lipinski definition) is 2. The monoisotopic (exact) mass is 275 g/mol. The number of thioether (sulfide) groups is 1. The molecule has 2 rings (SSSR count). The number of amidine groups is 1. The van der Waals surface area contributed by atoms with Gasteiger partial charge in [-0.25, -0.2) is 4.98 Å². The van der Waals surface area contributed by atoms with Gasteiger partial charge in [-0.1, -0.05) is 5.16 Å². The second-order valence-electron chi connectivity index (χ2n) is 3.62. The molecule has 1 aromatic carbocycles. The highest BCUT2D eigenvalue weighted by atomic mass is 32.2. The molecule has 0 atom stereocenters. The number of aromatic nitrogens is 1. The van der Waals surface area contributed by atoms with E-state index in [1.807, 2.05) is 30.5 Å². The SMILES string of the molecule is CSc1ccc(Oc2ncccc2C(N)=NO)cc1. The second kappa shape index (κ2) is 6.10. The number of hydrogen-bond acceptors (Lipinski definition) is 5. The van der Waals surface area contributed by atoms with Crippen LogP contribution in [0.2, 0.25) is 0 Å². The van der Waals surface area contributed by atoms with Crippen LogP contribution in [-0.2, 0) is 0 Å². The van der Waals surface area contributed by atoms with Gasteiger partial charge in [-0.3, -0.25) is 0 Å². The zero-order valence-corrected chi connectivity index (χ0v) is 11.1. The summed E-state index contributed by atoms with van der Waals surface area (Å²) in [6, 6.07) is 11.0. The highest BCUT2D eigenvalue weighted by molar-refractivity contribution is 7.98. The topological polar surface area (TPSA) is 80.7 Å². The predicted octanol–water partition coefficient (Wildman–Crippen LogP) is 2.69. The Morgan fingerprint density at radius 3 is 2.68 bits per heavy atom. The van der Waals surface area contributed by atoms with Gasteiger partial charge in [-0.05, 0) is 42.7 Å². The Balaban J connectivity index is 2.27. The van der Waals surface area contributed by atoms with Crippen molar-refractivity contribution in [2.75, 3.05) is 6.26 Å². The van der Waals surface area contributed by atoms with Crippen molar-refractivity contribution in [2.24, 2.45) is 10.9 Å². The normalized spacial score (nSPS) is 11.3. The molecule has 0 saturated heterocycles. The third-order valence-corrected chi connectivity index (χ3v) is 3.17. The molecule has 0 saturated carbocycles. The highest BCUT2D eigenvalue weighted by Gasteiger charge is 2.10. The van der Waals surface area contributed by atoms with Gasteiger partial charge in [-0.2, -0.15) is 0 Å². The summed E-state index contributed by atoms with van der Waals surface area (Å²) in [5, 5.41) is 11.7. The van der Waals surface area contributed by atoms with Crippen molar-refractivity contribution in [1.29, 1.82) is 0 Å². The van der Waals surface area contributed by atoms with E-state index in [0.717, 1.165) is 4.90 Å². The molecular weight excluding hydrogens is 262 g/mol. The van der Waals surface area contributed by atoms with Crippen LogP contribution in [-0.4, -0.2) is 22.3 Å². The van der Waals surface area contributed by atoms with E-state index < -0.39 is 0 Å². The zero-order chi connectivity index (χ0) is 13.7. The molecule has 1 aromatic heterocycles. The lowest BCUT2D eigenvalue weighted by atomic mass is 10.2. The molecule has 0 unspecified atom stereocenters. The second-order valence-corrected chi connectivity index (χ2v) is 4.50. The Labute approximate surface area is 115 Å². The summed E-state index contributed by atoms with van der Waals surface area (Å²) in [6.07, 6.45) is 3.59. The van der Waals surface area contributed by atoms with Crippen molar-refractivity contribution in [2.45, 2.75) is 4.90 Å². The summed E-state index contributed by atoms with van der Waals surface area (Å²) in [7, 11) is 0. The molecule has 3 N–H and O–H groups in total. The van der Waals surface area contributed by atoms with Crippen LogP contribution in [0.25, 0.3) is 0 Å². The van der Waals surface area contributed by atoms with Crippen molar-refractivity contribution in [3.05, 3.63) is 48.2 Å². The first-order valence-corrected chi connectivity index (χ1v) is 6.72. The van der Waals surface area contributed by atoms with E-state index in [0.29, 0.717) is 17.2 Å². The minimum atomic E-state index is -0.0381. The Bertz CT molecular complexity index is 585. The Hall–Kier alpha value is -2.21. The molecule has 0 amide bonds. The van der Waals surface area contributed by atoms with Crippen LogP contribution in [0.1, 0.15) is 5.56 Å². The van der Waals surface area contributed by atoms with Gasteiger partial charge in [0.15, 0.2) is 5.84 Å². The number of ether oxygens (including phenoxy) is 1. The van der Waals surface area contributed by atoms with Crippen molar-refractivity contribution in [3.63, 3.8) is 0 Å². The summed E-state index contributed by atoms with van der Waals surface area (Å²) in [5.41, 5.74) is 6.01. The summed E-state index contributed by atoms with van der Waals surface area (Å²) in [4.78, 5) is 5.23. The zero-order valence-electron chi connectivity index (χ0n) is 10.3. The van der Waals surface area contributed by atoms with Gasteiger partial charge in [0.05, 0.1) is 5.56 Å². The van der Waals surface area contributed by atoms with Gasteiger partial charge in [0.25, 0.3) is 0 Å². The lowest BCUT2D eigenvalue weighted by Gasteiger charge is -2.08. The van der Waals surface area contributed by atoms with Crippen molar-refractivity contribution in [3.8, 4) is 11.6 Å². The molecule has 0 spiro atoms. The van der Waals surface area contributed by atoms with Gasteiger partial charge in [0.2, 0.25) is 5.88 Å². The molecule has 19 heavy (non-hydrogen) atoms. The van der Waals surface area contributed by atoms with Crippen LogP contribution in [0.3, 0.4) is 0 Å². The van der Waals surface area contributed by atoms with E-state index in [4.69, 9.17) is 15.7 Å². The van der Waals surface area contributed by atoms with Gasteiger partial charge in [0.1, 0.15) is 5.75 Å². The largest absolute Gasteiger partial charge is 0.438 e. The molecule has 0 fully saturated rings. The number of rotatable bonds is 4. The van der Waals surface area contributed by atoms with Crippen LogP contribution in [0.4, 0.5) is 0 Å². The van der Waals surface area contributed by atoms with Crippen molar-refractivity contribution in [1.82, 2.24) is 4.98 Å². The molecule has 98 valence electrons. The lowest BCUT2D eigenvalue weighted by molar-refractivity contribution is 0.318. The van der Waals surface area contributed by atoms with Crippen LogP contribution in [0.15, 0.2) is 52.6 Å². The predicted molar refractivity (Wildman–Crippen MR) is 75.0 cm³/mol. The quantitative estimate of drug-likeness (QED) is 0.295. The maximum atomic E-state index is 8.72. The van der Waals surface area contributed by atoms with Crippen LogP contribution < -0.4 is 10.5 Å². The average molecular weight is 275 g/mol. The van der Waals surface area contributed by atoms with E-state index in [9.17, 15) is 0 Å². The van der Waals surface area contributed by atoms with Gasteiger partial charge in [0, 0.05) is 11.1 Å². The van der Waals surface area contributed by atoms with E-state index in [-0.39, 0.29) is 5.84 Å². The molecule has 0 aliphatic rings. The maximum Gasteiger partial charge on any atom is 0.230 e. The van der Waals surface area contributed by atoms with Crippen molar-refractivity contribution < 1.29 is 9.94 Å². The van der Waals surface area contributed by atoms with Gasteiger partial charge >= 0.3 is 0 Å². The molecule has 5 nitrogen and oxygen atoms in total. The first kappa shape index (κ1) is 13.2. The number of pyridine rings is 1. The lowest BCUT2D eigenvalue weighted by Crippen LogP contribution is -2.14. The number of benzene rings is 1. The van der Waals surface area contributed by atoms with E-state index >= 15 is 0 Å². The third kappa shape index (κ3) is 3.17. The summed E-state index contributed by atoms with van der Waals surface area (Å²) in [5.74, 6) is 0.905. The smallest absolute Gasteiger partial charge is 0.230 e. The van der Waals surface area contributed by atoms with E-state index in [1.54, 1.807) is 30.1 Å². The van der Waals surface area contributed by atoms with Gasteiger partial charge < -0.3 is 15.7 Å². The third-order valence-electron chi connectivity index (χ3n) is 2.43. The van der Waals surface area contributed by atoms with Crippen LogP contribution in [0.5, 0.6) is 11.6 Å². The summed E-state index contributed by atoms with van der Waals surface area (Å²) < 4.78 is 5.64. The first-order valence-electron chi connectivity index (χ1n) is 5.49. The fourth-order valence-corrected chi connectivity index (χ4v) is 1.88. The van der Waals surface area contributed by atoms with E-state index in [1.165, 1.54) is 0 Å². The molecule has 6 heteroatoms. The first-order chi connectivity index (χ1) is 9.24. The highest BCUT2D eigenvalue weighted by Crippen LogP contribution is 2.25. The number of nitrogens with two attached hydrogens (primary N) is 1. The van der Waals surface area contributed by atoms with Crippen LogP contribution >= 0.6 is 11.8 Å². The molecule has 1 heterocycles. The van der Waals surface area contributed by atoms with E-state index in [2.05, 4.69) is 10.1 Å². The van der Waals surface area contributed by atoms with Gasteiger partial charge in [-0.15, -0.1) is 11.8 Å². The fraction of sp³-hybridized carbons (Fsp3) is 0.0769. The average Bonchev–Trinajstić information content (AvgIpc) is 2.48. The van der Waals surface area contributed by atoms with Crippen molar-refractivity contribution >= 4 is 17.6 Å².